The van der Waals surface area contributed by atoms with E-state index >= 15 is 0 Å². The number of carbonyl (C=O) groups excluding carboxylic acids is 2. The molecule has 0 aliphatic rings. The van der Waals surface area contributed by atoms with E-state index in [1.807, 2.05) is 0 Å². The number of rotatable bonds is 2. The van der Waals surface area contributed by atoms with E-state index < -0.39 is 11.8 Å². The van der Waals surface area contributed by atoms with E-state index in [0.29, 0.717) is 0 Å². The number of nitrogens with one attached hydrogen (secondary N) is 1. The van der Waals surface area contributed by atoms with Gasteiger partial charge in [0, 0.05) is 7.05 Å². The van der Waals surface area contributed by atoms with Crippen molar-refractivity contribution >= 4 is 11.8 Å². The number of nitrogens with zero attached hydrogens (tertiary/aromatic N) is 2. The molecular formula is C8H9N3O2. The van der Waals surface area contributed by atoms with E-state index in [0.717, 1.165) is 4.90 Å². The molecule has 2 amide bonds. The van der Waals surface area contributed by atoms with Crippen molar-refractivity contribution in [3.05, 3.63) is 0 Å². The Kier molecular flexibility index (Phi) is 4.75. The third kappa shape index (κ3) is 3.78. The van der Waals surface area contributed by atoms with Crippen molar-refractivity contribution in [3.63, 3.8) is 0 Å². The molecule has 0 aromatic carbocycles. The monoisotopic (exact) mass is 179 g/mol. The number of amides is 2. The molecular weight excluding hydrogens is 170 g/mol. The lowest BCUT2D eigenvalue weighted by atomic mass is 10.4. The summed E-state index contributed by atoms with van der Waals surface area (Å²) in [4.78, 5) is 23.0. The lowest BCUT2D eigenvalue weighted by molar-refractivity contribution is -0.144. The van der Waals surface area contributed by atoms with Crippen LogP contribution in [0.2, 0.25) is 0 Å². The number of carbonyl (C=O) groups is 2. The summed E-state index contributed by atoms with van der Waals surface area (Å²) in [6.07, 6.45) is 4.94. The summed E-state index contributed by atoms with van der Waals surface area (Å²) >= 11 is 0. The van der Waals surface area contributed by atoms with Gasteiger partial charge >= 0.3 is 11.8 Å². The van der Waals surface area contributed by atoms with E-state index in [9.17, 15) is 9.59 Å². The van der Waals surface area contributed by atoms with Gasteiger partial charge in [-0.15, -0.1) is 6.42 Å². The fourth-order valence-electron chi connectivity index (χ4n) is 0.578. The number of hydrogen-bond donors (Lipinski definition) is 1. The molecule has 0 aromatic heterocycles. The van der Waals surface area contributed by atoms with Gasteiger partial charge in [-0.1, -0.05) is 5.92 Å². The first kappa shape index (κ1) is 11.0. The molecule has 0 aliphatic carbocycles. The Morgan fingerprint density at radius 1 is 1.62 bits per heavy atom. The van der Waals surface area contributed by atoms with Gasteiger partial charge < -0.3 is 10.2 Å². The molecule has 0 heterocycles. The average molecular weight is 179 g/mol. The molecule has 5 heteroatoms. The van der Waals surface area contributed by atoms with E-state index in [4.69, 9.17) is 11.7 Å². The number of nitriles is 1. The topological polar surface area (TPSA) is 73.2 Å². The molecule has 13 heavy (non-hydrogen) atoms. The van der Waals surface area contributed by atoms with Gasteiger partial charge in [0.1, 0.15) is 6.54 Å². The van der Waals surface area contributed by atoms with Crippen LogP contribution >= 0.6 is 0 Å². The van der Waals surface area contributed by atoms with Gasteiger partial charge in [0.25, 0.3) is 0 Å². The van der Waals surface area contributed by atoms with Gasteiger partial charge in [0.2, 0.25) is 0 Å². The number of hydrogen-bond acceptors (Lipinski definition) is 3. The Labute approximate surface area is 76.3 Å². The Morgan fingerprint density at radius 2 is 2.23 bits per heavy atom. The van der Waals surface area contributed by atoms with Crippen LogP contribution in [0, 0.1) is 23.7 Å². The SMILES string of the molecule is C#CCN(C)C(=O)C(=O)NCC#N. The molecule has 1 N–H and O–H groups in total. The van der Waals surface area contributed by atoms with E-state index in [1.165, 1.54) is 7.05 Å². The van der Waals surface area contributed by atoms with Gasteiger partial charge in [-0.05, 0) is 0 Å². The standard InChI is InChI=1S/C8H9N3O2/c1-3-6-11(2)8(13)7(12)10-5-4-9/h1H,5-6H2,2H3,(H,10,12). The summed E-state index contributed by atoms with van der Waals surface area (Å²) in [5.41, 5.74) is 0. The van der Waals surface area contributed by atoms with Gasteiger partial charge in [0.15, 0.2) is 0 Å². The number of likely N-dealkylation sites (N-methyl/N-ethyl adjacent to an activating group) is 1. The third-order valence-corrected chi connectivity index (χ3v) is 1.20. The van der Waals surface area contributed by atoms with Gasteiger partial charge in [-0.3, -0.25) is 9.59 Å². The first-order valence-corrected chi connectivity index (χ1v) is 3.47. The molecule has 0 spiro atoms. The van der Waals surface area contributed by atoms with Gasteiger partial charge in [-0.25, -0.2) is 0 Å². The van der Waals surface area contributed by atoms with Crippen molar-refractivity contribution in [2.45, 2.75) is 0 Å². The first-order valence-electron chi connectivity index (χ1n) is 3.47. The van der Waals surface area contributed by atoms with Crippen LogP contribution in [-0.2, 0) is 9.59 Å². The molecule has 0 saturated heterocycles. The molecule has 0 rings (SSSR count). The zero-order chi connectivity index (χ0) is 10.3. The second kappa shape index (κ2) is 5.62. The summed E-state index contributed by atoms with van der Waals surface area (Å²) in [7, 11) is 1.41. The lowest BCUT2D eigenvalue weighted by Gasteiger charge is -2.11. The van der Waals surface area contributed by atoms with Gasteiger partial charge in [0.05, 0.1) is 12.6 Å². The minimum absolute atomic E-state index is 0.0683. The predicted octanol–water partition coefficient (Wildman–Crippen LogP) is -1.28. The summed E-state index contributed by atoms with van der Waals surface area (Å²) in [5, 5.41) is 10.2. The molecule has 0 fully saturated rings. The summed E-state index contributed by atoms with van der Waals surface area (Å²) in [6, 6.07) is 1.68. The third-order valence-electron chi connectivity index (χ3n) is 1.20. The highest BCUT2D eigenvalue weighted by atomic mass is 16.2. The molecule has 5 nitrogen and oxygen atoms in total. The zero-order valence-electron chi connectivity index (χ0n) is 7.20. The highest BCUT2D eigenvalue weighted by Gasteiger charge is 2.16. The molecule has 0 atom stereocenters. The molecule has 0 aromatic rings. The van der Waals surface area contributed by atoms with E-state index in [2.05, 4.69) is 11.2 Å². The van der Waals surface area contributed by atoms with Crippen molar-refractivity contribution < 1.29 is 9.59 Å². The highest BCUT2D eigenvalue weighted by molar-refractivity contribution is 6.35. The Morgan fingerprint density at radius 3 is 2.69 bits per heavy atom. The van der Waals surface area contributed by atoms with Crippen LogP contribution in [0.5, 0.6) is 0 Å². The molecule has 0 saturated carbocycles. The fraction of sp³-hybridized carbons (Fsp3) is 0.375. The smallest absolute Gasteiger partial charge is 0.312 e. The molecule has 0 aliphatic heterocycles. The number of terminal acetylenes is 1. The Bertz CT molecular complexity index is 285. The average Bonchev–Trinajstić information content (AvgIpc) is 2.13. The van der Waals surface area contributed by atoms with Crippen molar-refractivity contribution in [2.75, 3.05) is 20.1 Å². The van der Waals surface area contributed by atoms with Crippen LogP contribution in [-0.4, -0.2) is 36.9 Å². The van der Waals surface area contributed by atoms with Crippen LogP contribution in [0.25, 0.3) is 0 Å². The van der Waals surface area contributed by atoms with Crippen molar-refractivity contribution in [1.29, 1.82) is 5.26 Å². The van der Waals surface area contributed by atoms with E-state index in [1.54, 1.807) is 6.07 Å². The normalized spacial score (nSPS) is 7.92. The van der Waals surface area contributed by atoms with Crippen molar-refractivity contribution in [1.82, 2.24) is 10.2 Å². The van der Waals surface area contributed by atoms with E-state index in [-0.39, 0.29) is 13.1 Å². The quantitative estimate of drug-likeness (QED) is 0.326. The maximum absolute atomic E-state index is 11.0. The Hall–Kier alpha value is -2.01. The summed E-state index contributed by atoms with van der Waals surface area (Å²) in [6.45, 7) is -0.118. The Balaban J connectivity index is 4.05. The molecule has 0 radical (unpaired) electrons. The second-order valence-corrected chi connectivity index (χ2v) is 2.21. The van der Waals surface area contributed by atoms with Crippen LogP contribution in [0.15, 0.2) is 0 Å². The maximum Gasteiger partial charge on any atom is 0.312 e. The molecule has 68 valence electrons. The van der Waals surface area contributed by atoms with Crippen LogP contribution in [0.1, 0.15) is 0 Å². The van der Waals surface area contributed by atoms with Crippen molar-refractivity contribution in [2.24, 2.45) is 0 Å². The van der Waals surface area contributed by atoms with Crippen LogP contribution in [0.3, 0.4) is 0 Å². The van der Waals surface area contributed by atoms with Gasteiger partial charge in [-0.2, -0.15) is 5.26 Å². The maximum atomic E-state index is 11.0. The minimum Gasteiger partial charge on any atom is -0.335 e. The molecule has 0 bridgehead atoms. The van der Waals surface area contributed by atoms with Crippen molar-refractivity contribution in [3.8, 4) is 18.4 Å². The summed E-state index contributed by atoms with van der Waals surface area (Å²) in [5.74, 6) is 0.657. The minimum atomic E-state index is -0.820. The van der Waals surface area contributed by atoms with Crippen LogP contribution < -0.4 is 5.32 Å². The zero-order valence-corrected chi connectivity index (χ0v) is 7.20. The lowest BCUT2D eigenvalue weighted by Crippen LogP contribution is -2.41. The summed E-state index contributed by atoms with van der Waals surface area (Å²) < 4.78 is 0. The van der Waals surface area contributed by atoms with Crippen LogP contribution in [0.4, 0.5) is 0 Å². The predicted molar refractivity (Wildman–Crippen MR) is 45.1 cm³/mol. The fourth-order valence-corrected chi connectivity index (χ4v) is 0.578. The second-order valence-electron chi connectivity index (χ2n) is 2.21. The largest absolute Gasteiger partial charge is 0.335 e. The molecule has 0 unspecified atom stereocenters. The first-order chi connectivity index (χ1) is 6.13. The highest BCUT2D eigenvalue weighted by Crippen LogP contribution is 1.82.